The van der Waals surface area contributed by atoms with Gasteiger partial charge in [-0.05, 0) is 37.3 Å². The number of aromatic nitrogens is 1. The summed E-state index contributed by atoms with van der Waals surface area (Å²) in [4.78, 5) is 26.6. The van der Waals surface area contributed by atoms with E-state index in [9.17, 15) is 14.0 Å². The van der Waals surface area contributed by atoms with Crippen LogP contribution in [-0.2, 0) is 0 Å². The van der Waals surface area contributed by atoms with E-state index in [1.54, 1.807) is 25.3 Å². The molecule has 2 amide bonds. The number of hydrogen-bond acceptors (Lipinski definition) is 3. The minimum Gasteiger partial charge on any atom is -0.478 e. The van der Waals surface area contributed by atoms with E-state index in [1.165, 1.54) is 6.07 Å². The van der Waals surface area contributed by atoms with Crippen LogP contribution >= 0.6 is 0 Å². The third-order valence-electron chi connectivity index (χ3n) is 2.71. The lowest BCUT2D eigenvalue weighted by Gasteiger charge is -2.09. The van der Waals surface area contributed by atoms with Crippen LogP contribution in [0, 0.1) is 12.7 Å². The van der Waals surface area contributed by atoms with Crippen LogP contribution in [0.3, 0.4) is 0 Å². The van der Waals surface area contributed by atoms with Crippen LogP contribution in [0.5, 0.6) is 0 Å². The van der Waals surface area contributed by atoms with Crippen molar-refractivity contribution in [2.24, 2.45) is 0 Å². The van der Waals surface area contributed by atoms with Gasteiger partial charge in [-0.3, -0.25) is 4.98 Å². The molecule has 7 heteroatoms. The molecule has 0 radical (unpaired) electrons. The predicted molar refractivity (Wildman–Crippen MR) is 75.0 cm³/mol. The van der Waals surface area contributed by atoms with Crippen LogP contribution in [-0.4, -0.2) is 22.1 Å². The normalized spacial score (nSPS) is 10.0. The van der Waals surface area contributed by atoms with Gasteiger partial charge < -0.3 is 15.7 Å². The Morgan fingerprint density at radius 1 is 1.24 bits per heavy atom. The minimum atomic E-state index is -1.40. The maximum Gasteiger partial charge on any atom is 0.338 e. The number of halogens is 1. The molecule has 3 N–H and O–H groups in total. The highest BCUT2D eigenvalue weighted by Gasteiger charge is 2.12. The fraction of sp³-hybridized carbons (Fsp3) is 0.0714. The van der Waals surface area contributed by atoms with Crippen molar-refractivity contribution >= 4 is 23.4 Å². The molecule has 6 nitrogen and oxygen atoms in total. The second-order valence-electron chi connectivity index (χ2n) is 4.22. The van der Waals surface area contributed by atoms with Gasteiger partial charge in [-0.1, -0.05) is 0 Å². The quantitative estimate of drug-likeness (QED) is 0.810. The van der Waals surface area contributed by atoms with Gasteiger partial charge in [0.2, 0.25) is 0 Å². The van der Waals surface area contributed by atoms with Crippen molar-refractivity contribution in [2.75, 3.05) is 10.6 Å². The van der Waals surface area contributed by atoms with E-state index >= 15 is 0 Å². The lowest BCUT2D eigenvalue weighted by Crippen LogP contribution is -2.20. The van der Waals surface area contributed by atoms with E-state index in [-0.39, 0.29) is 5.69 Å². The molecule has 0 spiro atoms. The van der Waals surface area contributed by atoms with Crippen LogP contribution in [0.2, 0.25) is 0 Å². The van der Waals surface area contributed by atoms with Crippen molar-refractivity contribution < 1.29 is 19.1 Å². The number of carboxylic acids is 1. The number of carbonyl (C=O) groups excluding carboxylic acids is 1. The number of benzene rings is 1. The molecule has 0 bridgehead atoms. The molecule has 1 aromatic heterocycles. The molecule has 0 atom stereocenters. The fourth-order valence-corrected chi connectivity index (χ4v) is 1.67. The zero-order valence-electron chi connectivity index (χ0n) is 11.1. The molecule has 0 saturated carbocycles. The first-order valence-electron chi connectivity index (χ1n) is 6.00. The zero-order chi connectivity index (χ0) is 15.4. The largest absolute Gasteiger partial charge is 0.478 e. The van der Waals surface area contributed by atoms with Gasteiger partial charge in [0.05, 0.1) is 16.9 Å². The van der Waals surface area contributed by atoms with E-state index in [4.69, 9.17) is 5.11 Å². The highest BCUT2D eigenvalue weighted by molar-refractivity contribution is 6.00. The SMILES string of the molecule is Cc1ncccc1NC(=O)Nc1ccc(F)c(C(=O)O)c1. The Bertz CT molecular complexity index is 704. The number of anilines is 2. The number of urea groups is 1. The van der Waals surface area contributed by atoms with Crippen LogP contribution < -0.4 is 10.6 Å². The van der Waals surface area contributed by atoms with Crippen molar-refractivity contribution in [1.29, 1.82) is 0 Å². The molecule has 0 aliphatic rings. The third-order valence-corrected chi connectivity index (χ3v) is 2.71. The fourth-order valence-electron chi connectivity index (χ4n) is 1.67. The summed E-state index contributed by atoms with van der Waals surface area (Å²) >= 11 is 0. The molecule has 1 aromatic carbocycles. The molecule has 0 unspecified atom stereocenters. The summed E-state index contributed by atoms with van der Waals surface area (Å²) in [6.45, 7) is 1.73. The lowest BCUT2D eigenvalue weighted by atomic mass is 10.2. The van der Waals surface area contributed by atoms with E-state index in [1.807, 2.05) is 0 Å². The molecular formula is C14H12FN3O3. The van der Waals surface area contributed by atoms with E-state index in [2.05, 4.69) is 15.6 Å². The Morgan fingerprint density at radius 2 is 2.00 bits per heavy atom. The van der Waals surface area contributed by atoms with E-state index < -0.39 is 23.4 Å². The molecule has 108 valence electrons. The number of nitrogens with one attached hydrogen (secondary N) is 2. The average Bonchev–Trinajstić information content (AvgIpc) is 2.43. The highest BCUT2D eigenvalue weighted by atomic mass is 19.1. The minimum absolute atomic E-state index is 0.174. The molecule has 2 aromatic rings. The number of aryl methyl sites for hydroxylation is 1. The Kier molecular flexibility index (Phi) is 4.13. The first-order valence-corrected chi connectivity index (χ1v) is 6.00. The maximum atomic E-state index is 13.2. The van der Waals surface area contributed by atoms with Gasteiger partial charge in [0.15, 0.2) is 0 Å². The summed E-state index contributed by atoms with van der Waals surface area (Å²) in [5.74, 6) is -2.27. The van der Waals surface area contributed by atoms with Gasteiger partial charge >= 0.3 is 12.0 Å². The second kappa shape index (κ2) is 6.00. The number of amides is 2. The van der Waals surface area contributed by atoms with Gasteiger partial charge in [-0.15, -0.1) is 0 Å². The number of pyridine rings is 1. The molecule has 2 rings (SSSR count). The summed E-state index contributed by atoms with van der Waals surface area (Å²) in [6, 6.07) is 6.08. The standard InChI is InChI=1S/C14H12FN3O3/c1-8-12(3-2-6-16-8)18-14(21)17-9-4-5-11(15)10(7-9)13(19)20/h2-7H,1H3,(H,19,20)(H2,17,18,21). The third kappa shape index (κ3) is 3.53. The van der Waals surface area contributed by atoms with Crippen molar-refractivity contribution in [1.82, 2.24) is 4.98 Å². The van der Waals surface area contributed by atoms with Crippen LogP contribution in [0.25, 0.3) is 0 Å². The molecule has 0 aliphatic heterocycles. The van der Waals surface area contributed by atoms with E-state index in [0.29, 0.717) is 11.4 Å². The lowest BCUT2D eigenvalue weighted by molar-refractivity contribution is 0.0692. The first-order chi connectivity index (χ1) is 9.97. The summed E-state index contributed by atoms with van der Waals surface area (Å²) in [5.41, 5.74) is 0.826. The summed E-state index contributed by atoms with van der Waals surface area (Å²) in [6.07, 6.45) is 1.59. The van der Waals surface area contributed by atoms with Crippen molar-refractivity contribution in [3.05, 3.63) is 53.6 Å². The van der Waals surface area contributed by atoms with Gasteiger partial charge in [0.1, 0.15) is 5.82 Å². The zero-order valence-corrected chi connectivity index (χ0v) is 11.1. The number of hydrogen-bond donors (Lipinski definition) is 3. The summed E-state index contributed by atoms with van der Waals surface area (Å²) in [7, 11) is 0. The van der Waals surface area contributed by atoms with Crippen LogP contribution in [0.4, 0.5) is 20.6 Å². The second-order valence-corrected chi connectivity index (χ2v) is 4.22. The molecule has 0 fully saturated rings. The molecule has 21 heavy (non-hydrogen) atoms. The highest BCUT2D eigenvalue weighted by Crippen LogP contribution is 2.16. The molecule has 0 aliphatic carbocycles. The Hall–Kier alpha value is -2.96. The summed E-state index contributed by atoms with van der Waals surface area (Å²) < 4.78 is 13.2. The smallest absolute Gasteiger partial charge is 0.338 e. The van der Waals surface area contributed by atoms with Crippen molar-refractivity contribution in [2.45, 2.75) is 6.92 Å². The monoisotopic (exact) mass is 289 g/mol. The van der Waals surface area contributed by atoms with Crippen molar-refractivity contribution in [3.63, 3.8) is 0 Å². The number of aromatic carboxylic acids is 1. The number of carboxylic acid groups (broad SMARTS) is 1. The number of nitrogens with zero attached hydrogens (tertiary/aromatic N) is 1. The summed E-state index contributed by atoms with van der Waals surface area (Å²) in [5, 5.41) is 13.8. The van der Waals surface area contributed by atoms with Crippen LogP contribution in [0.15, 0.2) is 36.5 Å². The van der Waals surface area contributed by atoms with Crippen molar-refractivity contribution in [3.8, 4) is 0 Å². The number of rotatable bonds is 3. The van der Waals surface area contributed by atoms with Gasteiger partial charge in [-0.25, -0.2) is 14.0 Å². The number of carbonyl (C=O) groups is 2. The van der Waals surface area contributed by atoms with Gasteiger partial charge in [0.25, 0.3) is 0 Å². The molecule has 1 heterocycles. The maximum absolute atomic E-state index is 13.2. The molecule has 0 saturated heterocycles. The average molecular weight is 289 g/mol. The Labute approximate surface area is 119 Å². The Morgan fingerprint density at radius 3 is 2.67 bits per heavy atom. The first kappa shape index (κ1) is 14.4. The van der Waals surface area contributed by atoms with Crippen LogP contribution in [0.1, 0.15) is 16.1 Å². The molecular weight excluding hydrogens is 277 g/mol. The van der Waals surface area contributed by atoms with Gasteiger partial charge in [-0.2, -0.15) is 0 Å². The topological polar surface area (TPSA) is 91.3 Å². The van der Waals surface area contributed by atoms with Gasteiger partial charge in [0, 0.05) is 11.9 Å². The van der Waals surface area contributed by atoms with E-state index in [0.717, 1.165) is 12.1 Å². The Balaban J connectivity index is 2.12. The predicted octanol–water partition coefficient (Wildman–Crippen LogP) is 2.87.